The van der Waals surface area contributed by atoms with Gasteiger partial charge in [0.1, 0.15) is 10.8 Å². The summed E-state index contributed by atoms with van der Waals surface area (Å²) < 4.78 is 11.0. The highest BCUT2D eigenvalue weighted by Crippen LogP contribution is 2.25. The van der Waals surface area contributed by atoms with Gasteiger partial charge < -0.3 is 14.8 Å². The largest absolute Gasteiger partial charge is 0.483 e. The number of amides is 1. The number of esters is 1. The molecule has 24 heavy (non-hydrogen) atoms. The van der Waals surface area contributed by atoms with Crippen LogP contribution in [0.15, 0.2) is 34.1 Å². The number of hydrogen-bond donors (Lipinski definition) is 1. The summed E-state index contributed by atoms with van der Waals surface area (Å²) >= 11 is 4.47. The van der Waals surface area contributed by atoms with Gasteiger partial charge in [-0.3, -0.25) is 9.59 Å². The minimum Gasteiger partial charge on any atom is -0.483 e. The average Bonchev–Trinajstić information content (AvgIpc) is 3.02. The monoisotopic (exact) mass is 411 g/mol. The molecule has 0 saturated heterocycles. The van der Waals surface area contributed by atoms with E-state index in [0.29, 0.717) is 28.2 Å². The van der Waals surface area contributed by atoms with Crippen LogP contribution in [-0.4, -0.2) is 31.4 Å². The maximum atomic E-state index is 12.0. The minimum absolute atomic E-state index is 0.253. The van der Waals surface area contributed by atoms with E-state index < -0.39 is 11.9 Å². The number of aldehydes is 1. The highest BCUT2D eigenvalue weighted by atomic mass is 79.9. The number of rotatable bonds is 7. The lowest BCUT2D eigenvalue weighted by Gasteiger charge is -2.09. The van der Waals surface area contributed by atoms with E-state index in [1.165, 1.54) is 11.3 Å². The van der Waals surface area contributed by atoms with Gasteiger partial charge in [0, 0.05) is 4.47 Å². The van der Waals surface area contributed by atoms with Gasteiger partial charge in [0.25, 0.3) is 5.91 Å². The van der Waals surface area contributed by atoms with E-state index in [4.69, 9.17) is 9.47 Å². The number of thiophene rings is 1. The Bertz CT molecular complexity index is 759. The van der Waals surface area contributed by atoms with Crippen LogP contribution in [0.4, 0.5) is 5.00 Å². The second-order valence-corrected chi connectivity index (χ2v) is 6.35. The van der Waals surface area contributed by atoms with Gasteiger partial charge in [0.05, 0.1) is 17.7 Å². The van der Waals surface area contributed by atoms with E-state index in [2.05, 4.69) is 21.2 Å². The van der Waals surface area contributed by atoms with Crippen LogP contribution in [0.2, 0.25) is 0 Å². The number of benzene rings is 1. The quantitative estimate of drug-likeness (QED) is 0.556. The maximum absolute atomic E-state index is 12.0. The number of anilines is 1. The lowest BCUT2D eigenvalue weighted by atomic mass is 10.2. The molecule has 1 amide bonds. The molecule has 1 aromatic carbocycles. The van der Waals surface area contributed by atoms with E-state index >= 15 is 0 Å². The smallest absolute Gasteiger partial charge is 0.341 e. The Hall–Kier alpha value is -2.19. The van der Waals surface area contributed by atoms with Gasteiger partial charge in [-0.05, 0) is 36.6 Å². The van der Waals surface area contributed by atoms with Crippen LogP contribution in [0, 0.1) is 0 Å². The summed E-state index contributed by atoms with van der Waals surface area (Å²) in [5.41, 5.74) is 0.632. The molecule has 0 unspecified atom stereocenters. The molecule has 1 N–H and O–H groups in total. The molecule has 0 saturated carbocycles. The summed E-state index contributed by atoms with van der Waals surface area (Å²) in [5, 5.41) is 4.68. The molecule has 6 nitrogen and oxygen atoms in total. The predicted molar refractivity (Wildman–Crippen MR) is 93.9 cm³/mol. The van der Waals surface area contributed by atoms with Crippen molar-refractivity contribution in [3.63, 3.8) is 0 Å². The van der Waals surface area contributed by atoms with Crippen LogP contribution in [0.25, 0.3) is 0 Å². The third-order valence-electron chi connectivity index (χ3n) is 2.87. The standard InChI is InChI=1S/C16H14BrNO5S/c1-2-22-16(21)12-5-6-24-15(12)18-14(20)9-23-13-4-3-11(17)7-10(13)8-19/h3-8H,2,9H2,1H3,(H,18,20). The number of nitrogens with one attached hydrogen (secondary N) is 1. The third kappa shape index (κ3) is 4.65. The molecule has 1 heterocycles. The highest BCUT2D eigenvalue weighted by Gasteiger charge is 2.16. The second kappa shape index (κ2) is 8.60. The van der Waals surface area contributed by atoms with Crippen LogP contribution in [0.1, 0.15) is 27.6 Å². The summed E-state index contributed by atoms with van der Waals surface area (Å²) in [6.07, 6.45) is 0.649. The molecule has 8 heteroatoms. The van der Waals surface area contributed by atoms with Gasteiger partial charge in [-0.25, -0.2) is 4.79 Å². The molecule has 0 spiro atoms. The van der Waals surface area contributed by atoms with Crippen LogP contribution in [-0.2, 0) is 9.53 Å². The van der Waals surface area contributed by atoms with Crippen molar-refractivity contribution in [1.29, 1.82) is 0 Å². The molecule has 1 aromatic heterocycles. The van der Waals surface area contributed by atoms with E-state index in [1.54, 1.807) is 36.6 Å². The molecule has 0 aliphatic carbocycles. The first-order valence-corrected chi connectivity index (χ1v) is 8.64. The summed E-state index contributed by atoms with van der Waals surface area (Å²) in [6.45, 7) is 1.67. The van der Waals surface area contributed by atoms with Gasteiger partial charge in [-0.15, -0.1) is 11.3 Å². The van der Waals surface area contributed by atoms with Crippen LogP contribution < -0.4 is 10.1 Å². The molecule has 0 aliphatic heterocycles. The molecule has 0 radical (unpaired) electrons. The predicted octanol–water partition coefficient (Wildman–Crippen LogP) is 3.52. The summed E-state index contributed by atoms with van der Waals surface area (Å²) in [6, 6.07) is 6.48. The Morgan fingerprint density at radius 2 is 2.12 bits per heavy atom. The Labute approximate surface area is 150 Å². The fourth-order valence-electron chi connectivity index (χ4n) is 1.82. The number of carbonyl (C=O) groups excluding carboxylic acids is 3. The number of ether oxygens (including phenoxy) is 2. The van der Waals surface area contributed by atoms with Crippen molar-refractivity contribution in [3.8, 4) is 5.75 Å². The Morgan fingerprint density at radius 1 is 1.33 bits per heavy atom. The number of halogens is 1. The lowest BCUT2D eigenvalue weighted by molar-refractivity contribution is -0.118. The van der Waals surface area contributed by atoms with E-state index in [-0.39, 0.29) is 13.2 Å². The van der Waals surface area contributed by atoms with E-state index in [9.17, 15) is 14.4 Å². The normalized spacial score (nSPS) is 10.1. The lowest BCUT2D eigenvalue weighted by Crippen LogP contribution is -2.21. The summed E-state index contributed by atoms with van der Waals surface area (Å²) in [4.78, 5) is 34.8. The van der Waals surface area contributed by atoms with Crippen LogP contribution in [0.5, 0.6) is 5.75 Å². The number of hydrogen-bond acceptors (Lipinski definition) is 6. The van der Waals surface area contributed by atoms with Crippen LogP contribution >= 0.6 is 27.3 Å². The van der Waals surface area contributed by atoms with Gasteiger partial charge in [0.15, 0.2) is 12.9 Å². The maximum Gasteiger partial charge on any atom is 0.341 e. The molecule has 0 bridgehead atoms. The molecule has 0 fully saturated rings. The Kier molecular flexibility index (Phi) is 6.51. The first-order valence-electron chi connectivity index (χ1n) is 6.97. The van der Waals surface area contributed by atoms with E-state index in [0.717, 1.165) is 4.47 Å². The fraction of sp³-hybridized carbons (Fsp3) is 0.188. The summed E-state index contributed by atoms with van der Waals surface area (Å²) in [5.74, 6) is -0.631. The van der Waals surface area contributed by atoms with Crippen molar-refractivity contribution >= 4 is 50.4 Å². The Balaban J connectivity index is 1.99. The zero-order valence-electron chi connectivity index (χ0n) is 12.7. The highest BCUT2D eigenvalue weighted by molar-refractivity contribution is 9.10. The zero-order chi connectivity index (χ0) is 17.5. The van der Waals surface area contributed by atoms with Crippen molar-refractivity contribution < 1.29 is 23.9 Å². The third-order valence-corrected chi connectivity index (χ3v) is 4.19. The molecule has 0 atom stereocenters. The molecule has 0 aliphatic rings. The van der Waals surface area contributed by atoms with E-state index in [1.807, 2.05) is 0 Å². The molecule has 2 rings (SSSR count). The van der Waals surface area contributed by atoms with Crippen molar-refractivity contribution in [2.45, 2.75) is 6.92 Å². The molecular weight excluding hydrogens is 398 g/mol. The first kappa shape index (κ1) is 18.2. The van der Waals surface area contributed by atoms with Gasteiger partial charge in [-0.1, -0.05) is 15.9 Å². The Morgan fingerprint density at radius 3 is 2.83 bits per heavy atom. The zero-order valence-corrected chi connectivity index (χ0v) is 15.1. The van der Waals surface area contributed by atoms with Crippen molar-refractivity contribution in [3.05, 3.63) is 45.2 Å². The molecule has 126 valence electrons. The van der Waals surface area contributed by atoms with Crippen molar-refractivity contribution in [2.24, 2.45) is 0 Å². The van der Waals surface area contributed by atoms with Gasteiger partial charge in [0.2, 0.25) is 0 Å². The molecule has 2 aromatic rings. The second-order valence-electron chi connectivity index (χ2n) is 4.52. The average molecular weight is 412 g/mol. The van der Waals surface area contributed by atoms with Gasteiger partial charge in [-0.2, -0.15) is 0 Å². The summed E-state index contributed by atoms with van der Waals surface area (Å²) in [7, 11) is 0. The molecular formula is C16H14BrNO5S. The first-order chi connectivity index (χ1) is 11.5. The van der Waals surface area contributed by atoms with Gasteiger partial charge >= 0.3 is 5.97 Å². The van der Waals surface area contributed by atoms with Crippen LogP contribution in [0.3, 0.4) is 0 Å². The topological polar surface area (TPSA) is 81.7 Å². The van der Waals surface area contributed by atoms with Crippen molar-refractivity contribution in [2.75, 3.05) is 18.5 Å². The SMILES string of the molecule is CCOC(=O)c1ccsc1NC(=O)COc1ccc(Br)cc1C=O. The fourth-order valence-corrected chi connectivity index (χ4v) is 2.99. The number of carbonyl (C=O) groups is 3. The van der Waals surface area contributed by atoms with Crippen molar-refractivity contribution in [1.82, 2.24) is 0 Å². The minimum atomic E-state index is -0.494.